The van der Waals surface area contributed by atoms with Crippen LogP contribution in [-0.2, 0) is 6.54 Å². The van der Waals surface area contributed by atoms with E-state index in [1.807, 2.05) is 55.5 Å². The molecule has 0 spiro atoms. The van der Waals surface area contributed by atoms with E-state index in [1.165, 1.54) is 0 Å². The van der Waals surface area contributed by atoms with Crippen molar-refractivity contribution in [2.75, 3.05) is 14.2 Å². The zero-order valence-electron chi connectivity index (χ0n) is 14.6. The van der Waals surface area contributed by atoms with Gasteiger partial charge in [-0.2, -0.15) is 0 Å². The van der Waals surface area contributed by atoms with Crippen molar-refractivity contribution in [2.45, 2.75) is 19.5 Å². The zero-order chi connectivity index (χ0) is 17.8. The normalized spacial score (nSPS) is 12.1. The van der Waals surface area contributed by atoms with Gasteiger partial charge in [0.05, 0.1) is 14.2 Å². The number of benzene rings is 2. The highest BCUT2D eigenvalue weighted by molar-refractivity contribution is 5.78. The standard InChI is InChI=1S/C20H22N2O3/c1-13(17-11-16(24-2)8-9-19(17)25-3)21-12-15-10-14-6-4-5-7-18(14)22-20(15)23/h4-11,13,21H,12H2,1-3H3,(H,22,23). The van der Waals surface area contributed by atoms with Gasteiger partial charge in [0.1, 0.15) is 11.5 Å². The molecule has 0 aliphatic rings. The predicted octanol–water partition coefficient (Wildman–Crippen LogP) is 3.40. The van der Waals surface area contributed by atoms with E-state index >= 15 is 0 Å². The maximum Gasteiger partial charge on any atom is 0.252 e. The molecule has 1 heterocycles. The topological polar surface area (TPSA) is 63.4 Å². The molecule has 0 saturated heterocycles. The molecule has 0 bridgehead atoms. The molecule has 0 aliphatic heterocycles. The van der Waals surface area contributed by atoms with E-state index in [2.05, 4.69) is 10.3 Å². The molecule has 2 N–H and O–H groups in total. The van der Waals surface area contributed by atoms with Crippen LogP contribution in [0, 0.1) is 0 Å². The molecule has 1 aromatic heterocycles. The van der Waals surface area contributed by atoms with Crippen LogP contribution in [0.3, 0.4) is 0 Å². The van der Waals surface area contributed by atoms with Crippen LogP contribution in [0.1, 0.15) is 24.1 Å². The number of fused-ring (bicyclic) bond motifs is 1. The van der Waals surface area contributed by atoms with Crippen LogP contribution in [0.2, 0.25) is 0 Å². The average Bonchev–Trinajstić information content (AvgIpc) is 2.65. The molecule has 3 rings (SSSR count). The summed E-state index contributed by atoms with van der Waals surface area (Å²) in [5.41, 5.74) is 2.46. The van der Waals surface area contributed by atoms with Gasteiger partial charge >= 0.3 is 0 Å². The molecule has 0 fully saturated rings. The highest BCUT2D eigenvalue weighted by atomic mass is 16.5. The smallest absolute Gasteiger partial charge is 0.252 e. The minimum absolute atomic E-state index is 0.00378. The van der Waals surface area contributed by atoms with Gasteiger partial charge in [0.2, 0.25) is 0 Å². The summed E-state index contributed by atoms with van der Waals surface area (Å²) in [5, 5.41) is 4.41. The van der Waals surface area contributed by atoms with Gasteiger partial charge in [-0.15, -0.1) is 0 Å². The molecule has 5 nitrogen and oxygen atoms in total. The lowest BCUT2D eigenvalue weighted by atomic mass is 10.1. The fourth-order valence-corrected chi connectivity index (χ4v) is 2.87. The molecule has 130 valence electrons. The third kappa shape index (κ3) is 3.67. The first-order chi connectivity index (χ1) is 12.1. The Morgan fingerprint density at radius 1 is 1.08 bits per heavy atom. The van der Waals surface area contributed by atoms with Crippen molar-refractivity contribution < 1.29 is 9.47 Å². The van der Waals surface area contributed by atoms with E-state index in [0.29, 0.717) is 12.1 Å². The van der Waals surface area contributed by atoms with Crippen LogP contribution in [0.5, 0.6) is 11.5 Å². The van der Waals surface area contributed by atoms with Crippen molar-refractivity contribution in [1.29, 1.82) is 0 Å². The maximum absolute atomic E-state index is 12.3. The van der Waals surface area contributed by atoms with Gasteiger partial charge < -0.3 is 19.8 Å². The summed E-state index contributed by atoms with van der Waals surface area (Å²) >= 11 is 0. The third-order valence-corrected chi connectivity index (χ3v) is 4.33. The van der Waals surface area contributed by atoms with Gasteiger partial charge in [-0.05, 0) is 42.6 Å². The summed E-state index contributed by atoms with van der Waals surface area (Å²) in [6.07, 6.45) is 0. The van der Waals surface area contributed by atoms with Crippen molar-refractivity contribution >= 4 is 10.9 Å². The molecule has 1 unspecified atom stereocenters. The number of H-pyrrole nitrogens is 1. The maximum atomic E-state index is 12.3. The second-order valence-corrected chi connectivity index (χ2v) is 5.92. The van der Waals surface area contributed by atoms with Crippen molar-refractivity contribution in [3.8, 4) is 11.5 Å². The molecule has 0 aliphatic carbocycles. The number of hydrogen-bond donors (Lipinski definition) is 2. The Morgan fingerprint density at radius 2 is 1.88 bits per heavy atom. The summed E-state index contributed by atoms with van der Waals surface area (Å²) in [5.74, 6) is 1.56. The Balaban J connectivity index is 1.82. The second-order valence-electron chi connectivity index (χ2n) is 5.92. The quantitative estimate of drug-likeness (QED) is 0.723. The number of ether oxygens (including phenoxy) is 2. The number of nitrogens with one attached hydrogen (secondary N) is 2. The highest BCUT2D eigenvalue weighted by Crippen LogP contribution is 2.29. The lowest BCUT2D eigenvalue weighted by Gasteiger charge is -2.18. The van der Waals surface area contributed by atoms with Crippen LogP contribution < -0.4 is 20.3 Å². The van der Waals surface area contributed by atoms with Crippen LogP contribution in [0.25, 0.3) is 10.9 Å². The monoisotopic (exact) mass is 338 g/mol. The Bertz CT molecular complexity index is 934. The number of rotatable bonds is 6. The van der Waals surface area contributed by atoms with Crippen molar-refractivity contribution in [3.63, 3.8) is 0 Å². The molecule has 0 saturated carbocycles. The fourth-order valence-electron chi connectivity index (χ4n) is 2.87. The number of methoxy groups -OCH3 is 2. The van der Waals surface area contributed by atoms with Gasteiger partial charge in [-0.1, -0.05) is 18.2 Å². The number of aromatic amines is 1. The number of para-hydroxylation sites is 1. The molecule has 25 heavy (non-hydrogen) atoms. The van der Waals surface area contributed by atoms with Gasteiger partial charge in [0.25, 0.3) is 5.56 Å². The van der Waals surface area contributed by atoms with Crippen LogP contribution in [0.15, 0.2) is 53.3 Å². The number of pyridine rings is 1. The van der Waals surface area contributed by atoms with Gasteiger partial charge in [0, 0.05) is 29.2 Å². The first-order valence-electron chi connectivity index (χ1n) is 8.18. The molecule has 3 aromatic rings. The minimum atomic E-state index is -0.0731. The minimum Gasteiger partial charge on any atom is -0.497 e. The second kappa shape index (κ2) is 7.40. The predicted molar refractivity (Wildman–Crippen MR) is 99.4 cm³/mol. The highest BCUT2D eigenvalue weighted by Gasteiger charge is 2.13. The van der Waals surface area contributed by atoms with Crippen LogP contribution in [-0.4, -0.2) is 19.2 Å². The van der Waals surface area contributed by atoms with E-state index in [4.69, 9.17) is 9.47 Å². The Kier molecular flexibility index (Phi) is 5.05. The Morgan fingerprint density at radius 3 is 2.64 bits per heavy atom. The number of aromatic nitrogens is 1. The summed E-state index contributed by atoms with van der Waals surface area (Å²) in [6.45, 7) is 2.49. The average molecular weight is 338 g/mol. The van der Waals surface area contributed by atoms with E-state index in [0.717, 1.165) is 28.0 Å². The molecule has 1 atom stereocenters. The summed E-state index contributed by atoms with van der Waals surface area (Å²) in [4.78, 5) is 15.2. The summed E-state index contributed by atoms with van der Waals surface area (Å²) < 4.78 is 10.7. The van der Waals surface area contributed by atoms with Crippen LogP contribution in [0.4, 0.5) is 0 Å². The van der Waals surface area contributed by atoms with E-state index < -0.39 is 0 Å². The third-order valence-electron chi connectivity index (χ3n) is 4.33. The number of hydrogen-bond acceptors (Lipinski definition) is 4. The van der Waals surface area contributed by atoms with E-state index in [9.17, 15) is 4.79 Å². The Labute approximate surface area is 146 Å². The van der Waals surface area contributed by atoms with E-state index in [1.54, 1.807) is 14.2 Å². The van der Waals surface area contributed by atoms with Gasteiger partial charge in [-0.3, -0.25) is 4.79 Å². The van der Waals surface area contributed by atoms with Crippen molar-refractivity contribution in [2.24, 2.45) is 0 Å². The largest absolute Gasteiger partial charge is 0.497 e. The van der Waals surface area contributed by atoms with E-state index in [-0.39, 0.29) is 11.6 Å². The Hall–Kier alpha value is -2.79. The molecular weight excluding hydrogens is 316 g/mol. The van der Waals surface area contributed by atoms with Crippen LogP contribution >= 0.6 is 0 Å². The van der Waals surface area contributed by atoms with Gasteiger partial charge in [0.15, 0.2) is 0 Å². The molecule has 5 heteroatoms. The first-order valence-corrected chi connectivity index (χ1v) is 8.18. The lowest BCUT2D eigenvalue weighted by Crippen LogP contribution is -2.23. The molecule has 2 aromatic carbocycles. The summed E-state index contributed by atoms with van der Waals surface area (Å²) in [7, 11) is 3.28. The molecule has 0 amide bonds. The molecule has 0 radical (unpaired) electrons. The fraction of sp³-hybridized carbons (Fsp3) is 0.250. The zero-order valence-corrected chi connectivity index (χ0v) is 14.6. The first kappa shape index (κ1) is 17.0. The summed E-state index contributed by atoms with van der Waals surface area (Å²) in [6, 6.07) is 15.4. The lowest BCUT2D eigenvalue weighted by molar-refractivity contribution is 0.391. The van der Waals surface area contributed by atoms with Crippen molar-refractivity contribution in [1.82, 2.24) is 10.3 Å². The molecular formula is C20H22N2O3. The van der Waals surface area contributed by atoms with Gasteiger partial charge in [-0.25, -0.2) is 0 Å². The SMILES string of the molecule is COc1ccc(OC)c(C(C)NCc2cc3ccccc3[nH]c2=O)c1. The van der Waals surface area contributed by atoms with Crippen molar-refractivity contribution in [3.05, 3.63) is 70.0 Å².